The fourth-order valence-corrected chi connectivity index (χ4v) is 6.42. The number of hydrogen-bond donors (Lipinski definition) is 3. The Morgan fingerprint density at radius 3 is 2.47 bits per heavy atom. The highest BCUT2D eigenvalue weighted by Gasteiger charge is 2.47. The number of piperidine rings is 2. The molecule has 5 unspecified atom stereocenters. The second-order valence-electron chi connectivity index (χ2n) is 10.4. The van der Waals surface area contributed by atoms with Gasteiger partial charge in [0.15, 0.2) is 0 Å². The van der Waals surface area contributed by atoms with Crippen LogP contribution in [0.4, 0.5) is 0 Å². The molecule has 5 heterocycles. The molecule has 6 aliphatic rings. The van der Waals surface area contributed by atoms with E-state index in [1.807, 2.05) is 0 Å². The third kappa shape index (κ3) is 3.59. The maximum absolute atomic E-state index is 12.5. The molecule has 6 rings (SSSR count). The number of fused-ring (bicyclic) bond motifs is 1. The topological polar surface area (TPSA) is 78.1 Å². The van der Waals surface area contributed by atoms with E-state index in [1.165, 1.54) is 6.42 Å². The summed E-state index contributed by atoms with van der Waals surface area (Å²) in [6, 6.07) is 1.97. The van der Waals surface area contributed by atoms with E-state index in [0.717, 1.165) is 77.9 Å². The molecule has 5 saturated heterocycles. The Balaban J connectivity index is 0.999. The lowest BCUT2D eigenvalue weighted by Gasteiger charge is -2.43. The Morgan fingerprint density at radius 1 is 0.933 bits per heavy atom. The monoisotopic (exact) mass is 419 g/mol. The van der Waals surface area contributed by atoms with E-state index < -0.39 is 0 Å². The Hall–Kier alpha value is -0.770. The fraction of sp³-hybridized carbons (Fsp3) is 0.955. The molecule has 1 saturated carbocycles. The van der Waals surface area contributed by atoms with Crippen molar-refractivity contribution in [3.05, 3.63) is 0 Å². The molecule has 0 aromatic heterocycles. The van der Waals surface area contributed by atoms with Crippen molar-refractivity contribution in [2.75, 3.05) is 39.4 Å². The number of likely N-dealkylation sites (tertiary alicyclic amines) is 1. The van der Waals surface area contributed by atoms with Crippen molar-refractivity contribution in [2.24, 2.45) is 17.8 Å². The van der Waals surface area contributed by atoms with Crippen LogP contribution in [0.5, 0.6) is 0 Å². The van der Waals surface area contributed by atoms with Crippen LogP contribution in [-0.4, -0.2) is 85.5 Å². The van der Waals surface area contributed by atoms with E-state index in [0.29, 0.717) is 47.8 Å². The lowest BCUT2D eigenvalue weighted by atomic mass is 9.81. The minimum absolute atomic E-state index is 0.241. The molecule has 1 aliphatic carbocycles. The van der Waals surface area contributed by atoms with Crippen LogP contribution in [0.3, 0.4) is 0 Å². The number of amides is 1. The predicted octanol–water partition coefficient (Wildman–Crippen LogP) is 0.253. The van der Waals surface area contributed by atoms with Crippen molar-refractivity contribution in [3.8, 4) is 0 Å². The smallest absolute Gasteiger partial charge is 0.225 e. The molecule has 0 aromatic rings. The first-order chi connectivity index (χ1) is 14.8. The molecule has 0 spiro atoms. The zero-order valence-electron chi connectivity index (χ0n) is 17.9. The van der Waals surface area contributed by atoms with Gasteiger partial charge in [0.25, 0.3) is 0 Å². The molecule has 168 valence electrons. The average molecular weight is 420 g/mol. The van der Waals surface area contributed by atoms with Gasteiger partial charge in [0, 0.05) is 56.1 Å². The van der Waals surface area contributed by atoms with E-state index in [2.05, 4.69) is 26.1 Å². The van der Waals surface area contributed by atoms with Crippen LogP contribution in [0.1, 0.15) is 44.9 Å². The molecule has 1 amide bonds. The van der Waals surface area contributed by atoms with Gasteiger partial charge < -0.3 is 15.0 Å². The van der Waals surface area contributed by atoms with Crippen molar-refractivity contribution in [3.63, 3.8) is 0 Å². The zero-order chi connectivity index (χ0) is 20.1. The van der Waals surface area contributed by atoms with Crippen molar-refractivity contribution in [2.45, 2.75) is 75.2 Å². The summed E-state index contributed by atoms with van der Waals surface area (Å²) in [5.41, 5.74) is 7.01. The number of carbonyl (C=O) groups excluding carboxylic acids is 1. The minimum atomic E-state index is 0.241. The van der Waals surface area contributed by atoms with Crippen LogP contribution in [-0.2, 0) is 14.4 Å². The number of hydrazine groups is 1. The van der Waals surface area contributed by atoms with Crippen molar-refractivity contribution < 1.29 is 14.4 Å². The van der Waals surface area contributed by atoms with E-state index in [9.17, 15) is 4.79 Å². The number of carbonyl (C=O) groups is 1. The van der Waals surface area contributed by atoms with Gasteiger partial charge in [-0.2, -0.15) is 5.48 Å². The molecule has 0 radical (unpaired) electrons. The summed E-state index contributed by atoms with van der Waals surface area (Å²) < 4.78 is 5.42. The van der Waals surface area contributed by atoms with Gasteiger partial charge in [0.05, 0.1) is 25.4 Å². The highest BCUT2D eigenvalue weighted by Crippen LogP contribution is 2.35. The normalized spacial score (nSPS) is 41.5. The Morgan fingerprint density at radius 2 is 1.77 bits per heavy atom. The summed E-state index contributed by atoms with van der Waals surface area (Å²) in [5.74, 6) is 2.05. The first-order valence-electron chi connectivity index (χ1n) is 12.3. The van der Waals surface area contributed by atoms with Gasteiger partial charge in [-0.05, 0) is 44.4 Å². The largest absolute Gasteiger partial charge is 0.378 e. The van der Waals surface area contributed by atoms with Crippen molar-refractivity contribution >= 4 is 5.91 Å². The average Bonchev–Trinajstić information content (AvgIpc) is 3.33. The minimum Gasteiger partial charge on any atom is -0.378 e. The number of nitrogens with one attached hydrogen (secondary N) is 3. The van der Waals surface area contributed by atoms with Gasteiger partial charge in [-0.25, -0.2) is 5.01 Å². The van der Waals surface area contributed by atoms with Crippen LogP contribution in [0.2, 0.25) is 0 Å². The molecule has 30 heavy (non-hydrogen) atoms. The van der Waals surface area contributed by atoms with Crippen molar-refractivity contribution in [1.82, 2.24) is 26.1 Å². The zero-order valence-corrected chi connectivity index (χ0v) is 17.9. The van der Waals surface area contributed by atoms with E-state index >= 15 is 0 Å². The lowest BCUT2D eigenvalue weighted by molar-refractivity contribution is -0.139. The number of hydrogen-bond acceptors (Lipinski definition) is 7. The number of ether oxygens (including phenoxy) is 1. The van der Waals surface area contributed by atoms with Gasteiger partial charge >= 0.3 is 0 Å². The third-order valence-corrected chi connectivity index (χ3v) is 8.77. The van der Waals surface area contributed by atoms with Gasteiger partial charge in [-0.15, -0.1) is 0 Å². The Kier molecular flexibility index (Phi) is 5.50. The third-order valence-electron chi connectivity index (χ3n) is 8.77. The van der Waals surface area contributed by atoms with Gasteiger partial charge in [0.2, 0.25) is 5.91 Å². The molecule has 6 fully saturated rings. The molecule has 3 N–H and O–H groups in total. The van der Waals surface area contributed by atoms with Crippen LogP contribution >= 0.6 is 0 Å². The summed E-state index contributed by atoms with van der Waals surface area (Å²) in [6.45, 7) is 5.72. The lowest BCUT2D eigenvalue weighted by Crippen LogP contribution is -2.59. The van der Waals surface area contributed by atoms with E-state index in [4.69, 9.17) is 9.57 Å². The van der Waals surface area contributed by atoms with Crippen LogP contribution < -0.4 is 16.2 Å². The summed E-state index contributed by atoms with van der Waals surface area (Å²) >= 11 is 0. The van der Waals surface area contributed by atoms with Gasteiger partial charge in [0.1, 0.15) is 0 Å². The predicted molar refractivity (Wildman–Crippen MR) is 111 cm³/mol. The van der Waals surface area contributed by atoms with Crippen LogP contribution in [0.25, 0.3) is 0 Å². The fourth-order valence-electron chi connectivity index (χ4n) is 6.42. The summed E-state index contributed by atoms with van der Waals surface area (Å²) in [4.78, 5) is 20.8. The number of nitrogens with zero attached hydrogens (tertiary/aromatic N) is 2. The standard InChI is InChI=1S/C22H37N5O3/c28-22(15-2-1-3-15)26-6-4-14(5-7-26)18-9-21(30-25-18)19-8-20-16(10-23-19)11-24-27(20)17-12-29-13-17/h14-21,23-25H,1-13H2. The molecule has 0 bridgehead atoms. The molecule has 8 nitrogen and oxygen atoms in total. The van der Waals surface area contributed by atoms with E-state index in [-0.39, 0.29) is 6.10 Å². The first-order valence-corrected chi connectivity index (χ1v) is 12.3. The number of rotatable bonds is 4. The molecule has 5 atom stereocenters. The van der Waals surface area contributed by atoms with Gasteiger partial charge in [-0.3, -0.25) is 15.1 Å². The van der Waals surface area contributed by atoms with Gasteiger partial charge in [-0.1, -0.05) is 6.42 Å². The molecular formula is C22H37N5O3. The van der Waals surface area contributed by atoms with Crippen LogP contribution in [0, 0.1) is 17.8 Å². The SMILES string of the molecule is O=C(C1CCC1)N1CCC(C2CC(C3CC4C(CN3)CNN4C3COC3)ON2)CC1. The highest BCUT2D eigenvalue weighted by molar-refractivity contribution is 5.79. The summed E-state index contributed by atoms with van der Waals surface area (Å²) in [5, 5.41) is 6.27. The van der Waals surface area contributed by atoms with E-state index in [1.54, 1.807) is 0 Å². The molecule has 8 heteroatoms. The van der Waals surface area contributed by atoms with Crippen molar-refractivity contribution in [1.29, 1.82) is 0 Å². The maximum atomic E-state index is 12.5. The highest BCUT2D eigenvalue weighted by atomic mass is 16.7. The summed E-state index contributed by atoms with van der Waals surface area (Å²) in [7, 11) is 0. The Labute approximate surface area is 179 Å². The first kappa shape index (κ1) is 19.9. The second kappa shape index (κ2) is 8.30. The summed E-state index contributed by atoms with van der Waals surface area (Å²) in [6.07, 6.45) is 8.12. The number of hydroxylamine groups is 1. The maximum Gasteiger partial charge on any atom is 0.225 e. The quantitative estimate of drug-likeness (QED) is 0.603. The van der Waals surface area contributed by atoms with Crippen LogP contribution in [0.15, 0.2) is 0 Å². The Bertz CT molecular complexity index is 634. The molecule has 0 aromatic carbocycles. The second-order valence-corrected chi connectivity index (χ2v) is 10.4. The molecule has 5 aliphatic heterocycles. The molecular weight excluding hydrogens is 382 g/mol.